The minimum absolute atomic E-state index is 0.133. The minimum atomic E-state index is 0.133. The molecule has 5 heteroatoms. The first-order chi connectivity index (χ1) is 11.8. The number of aliphatic hydroxyl groups is 1. The van der Waals surface area contributed by atoms with Gasteiger partial charge in [0.15, 0.2) is 0 Å². The van der Waals surface area contributed by atoms with Crippen molar-refractivity contribution in [1.29, 1.82) is 0 Å². The second-order valence-electron chi connectivity index (χ2n) is 6.93. The largest absolute Gasteiger partial charge is 0.395 e. The number of nitrogens with one attached hydrogen (secondary N) is 1. The summed E-state index contributed by atoms with van der Waals surface area (Å²) in [4.78, 5) is 16.7. The number of piperazine rings is 1. The molecule has 5 nitrogen and oxygen atoms in total. The highest BCUT2D eigenvalue weighted by Gasteiger charge is 2.22. The predicted molar refractivity (Wildman–Crippen MR) is 95.1 cm³/mol. The summed E-state index contributed by atoms with van der Waals surface area (Å²) in [5.74, 6) is 0.592. The topological polar surface area (TPSA) is 55.8 Å². The minimum Gasteiger partial charge on any atom is -0.395 e. The Hall–Kier alpha value is -1.43. The van der Waals surface area contributed by atoms with E-state index in [-0.39, 0.29) is 12.5 Å². The van der Waals surface area contributed by atoms with Crippen LogP contribution >= 0.6 is 0 Å². The highest BCUT2D eigenvalue weighted by molar-refractivity contribution is 5.78. The first kappa shape index (κ1) is 17.4. The van der Waals surface area contributed by atoms with Gasteiger partial charge >= 0.3 is 0 Å². The summed E-state index contributed by atoms with van der Waals surface area (Å²) in [5.41, 5.74) is 2.87. The molecular weight excluding hydrogens is 302 g/mol. The molecule has 0 bridgehead atoms. The van der Waals surface area contributed by atoms with Crippen molar-refractivity contribution in [2.75, 3.05) is 52.4 Å². The highest BCUT2D eigenvalue weighted by atomic mass is 16.3. The number of carbonyl (C=O) groups excluding carboxylic acids is 1. The van der Waals surface area contributed by atoms with E-state index in [1.54, 1.807) is 0 Å². The van der Waals surface area contributed by atoms with Crippen molar-refractivity contribution in [3.8, 4) is 0 Å². The molecule has 132 valence electrons. The third kappa shape index (κ3) is 4.56. The molecule has 24 heavy (non-hydrogen) atoms. The van der Waals surface area contributed by atoms with Gasteiger partial charge in [-0.3, -0.25) is 14.6 Å². The summed E-state index contributed by atoms with van der Waals surface area (Å²) < 4.78 is 0. The summed E-state index contributed by atoms with van der Waals surface area (Å²) in [7, 11) is 0. The number of fused-ring (bicyclic) bond motifs is 1. The summed E-state index contributed by atoms with van der Waals surface area (Å²) in [6, 6.07) is 8.64. The molecule has 1 amide bonds. The van der Waals surface area contributed by atoms with Gasteiger partial charge in [0.25, 0.3) is 0 Å². The van der Waals surface area contributed by atoms with Gasteiger partial charge in [0.05, 0.1) is 13.2 Å². The maximum atomic E-state index is 12.3. The second-order valence-corrected chi connectivity index (χ2v) is 6.93. The number of nitrogens with zero attached hydrogens (tertiary/aromatic N) is 2. The van der Waals surface area contributed by atoms with E-state index in [9.17, 15) is 4.79 Å². The van der Waals surface area contributed by atoms with Crippen LogP contribution in [0, 0.1) is 0 Å². The summed E-state index contributed by atoms with van der Waals surface area (Å²) >= 11 is 0. The van der Waals surface area contributed by atoms with E-state index in [1.165, 1.54) is 24.0 Å². The molecule has 1 aliphatic carbocycles. The van der Waals surface area contributed by atoms with E-state index in [0.717, 1.165) is 45.7 Å². The number of aliphatic hydroxyl groups excluding tert-OH is 1. The monoisotopic (exact) mass is 331 g/mol. The lowest BCUT2D eigenvalue weighted by molar-refractivity contribution is -0.122. The van der Waals surface area contributed by atoms with Crippen LogP contribution in [0.3, 0.4) is 0 Å². The third-order valence-electron chi connectivity index (χ3n) is 5.29. The van der Waals surface area contributed by atoms with Crippen LogP contribution in [0.5, 0.6) is 0 Å². The highest BCUT2D eigenvalue weighted by Crippen LogP contribution is 2.30. The van der Waals surface area contributed by atoms with Gasteiger partial charge in [-0.2, -0.15) is 0 Å². The lowest BCUT2D eigenvalue weighted by Crippen LogP contribution is -2.50. The molecule has 1 saturated heterocycles. The maximum Gasteiger partial charge on any atom is 0.234 e. The zero-order valence-electron chi connectivity index (χ0n) is 14.4. The Bertz CT molecular complexity index is 541. The molecule has 0 spiro atoms. The molecular formula is C19H29N3O2. The van der Waals surface area contributed by atoms with Gasteiger partial charge < -0.3 is 10.4 Å². The molecule has 1 aromatic carbocycles. The number of β-amino-alcohol motifs (C(OH)–C–C–N with tert-alkyl or cyclic N) is 1. The van der Waals surface area contributed by atoms with Gasteiger partial charge in [-0.15, -0.1) is 0 Å². The number of hydrogen-bond acceptors (Lipinski definition) is 4. The fourth-order valence-corrected chi connectivity index (χ4v) is 3.88. The maximum absolute atomic E-state index is 12.3. The van der Waals surface area contributed by atoms with Crippen LogP contribution in [0.25, 0.3) is 0 Å². The van der Waals surface area contributed by atoms with Gasteiger partial charge in [0, 0.05) is 45.2 Å². The van der Waals surface area contributed by atoms with E-state index in [4.69, 9.17) is 5.11 Å². The average Bonchev–Trinajstić information content (AvgIpc) is 2.62. The summed E-state index contributed by atoms with van der Waals surface area (Å²) in [6.07, 6.45) is 3.54. The second kappa shape index (κ2) is 8.60. The van der Waals surface area contributed by atoms with Gasteiger partial charge in [0.1, 0.15) is 0 Å². The van der Waals surface area contributed by atoms with Gasteiger partial charge in [-0.05, 0) is 30.4 Å². The summed E-state index contributed by atoms with van der Waals surface area (Å²) in [6.45, 7) is 5.86. The molecule has 3 rings (SSSR count). The van der Waals surface area contributed by atoms with Gasteiger partial charge in [-0.25, -0.2) is 0 Å². The SMILES string of the molecule is O=C(CN1CCN(CCO)CC1)NC[C@@H]1CCCc2ccccc21. The van der Waals surface area contributed by atoms with Crippen LogP contribution in [-0.4, -0.2) is 73.2 Å². The Morgan fingerprint density at radius 1 is 1.17 bits per heavy atom. The quantitative estimate of drug-likeness (QED) is 0.811. The van der Waals surface area contributed by atoms with Crippen molar-refractivity contribution < 1.29 is 9.90 Å². The first-order valence-corrected chi connectivity index (χ1v) is 9.16. The Labute approximate surface area is 144 Å². The number of rotatable bonds is 6. The molecule has 1 atom stereocenters. The summed E-state index contributed by atoms with van der Waals surface area (Å²) in [5, 5.41) is 12.1. The zero-order valence-corrected chi connectivity index (χ0v) is 14.4. The van der Waals surface area contributed by atoms with Crippen LogP contribution < -0.4 is 5.32 Å². The molecule has 2 aliphatic rings. The Kier molecular flexibility index (Phi) is 6.24. The lowest BCUT2D eigenvalue weighted by Gasteiger charge is -2.34. The fraction of sp³-hybridized carbons (Fsp3) is 0.632. The number of benzene rings is 1. The number of aryl methyl sites for hydroxylation is 1. The van der Waals surface area contributed by atoms with E-state index < -0.39 is 0 Å². The van der Waals surface area contributed by atoms with E-state index in [0.29, 0.717) is 12.5 Å². The molecule has 0 radical (unpaired) electrons. The number of amides is 1. The van der Waals surface area contributed by atoms with Crippen LogP contribution in [0.2, 0.25) is 0 Å². The Morgan fingerprint density at radius 3 is 2.71 bits per heavy atom. The first-order valence-electron chi connectivity index (χ1n) is 9.16. The van der Waals surface area contributed by atoms with Crippen molar-refractivity contribution in [2.45, 2.75) is 25.2 Å². The standard InChI is InChI=1S/C19H29N3O2/c23-13-12-21-8-10-22(11-9-21)15-19(24)20-14-17-6-3-5-16-4-1-2-7-18(16)17/h1-2,4,7,17,23H,3,5-6,8-15H2,(H,20,24)/t17-/m0/s1. The van der Waals surface area contributed by atoms with Crippen LogP contribution in [0.15, 0.2) is 24.3 Å². The Balaban J connectivity index is 1.42. The molecule has 0 aromatic heterocycles. The predicted octanol–water partition coefficient (Wildman–Crippen LogP) is 0.833. The molecule has 1 aromatic rings. The van der Waals surface area contributed by atoms with Gasteiger partial charge in [-0.1, -0.05) is 24.3 Å². The molecule has 1 aliphatic heterocycles. The van der Waals surface area contributed by atoms with Crippen molar-refractivity contribution in [1.82, 2.24) is 15.1 Å². The molecule has 1 fully saturated rings. The van der Waals surface area contributed by atoms with E-state index in [2.05, 4.69) is 39.4 Å². The van der Waals surface area contributed by atoms with E-state index >= 15 is 0 Å². The number of hydrogen-bond donors (Lipinski definition) is 2. The molecule has 0 saturated carbocycles. The Morgan fingerprint density at radius 2 is 1.92 bits per heavy atom. The zero-order chi connectivity index (χ0) is 16.8. The van der Waals surface area contributed by atoms with Crippen molar-refractivity contribution >= 4 is 5.91 Å². The third-order valence-corrected chi connectivity index (χ3v) is 5.29. The lowest BCUT2D eigenvalue weighted by atomic mass is 9.83. The van der Waals surface area contributed by atoms with Crippen LogP contribution in [0.4, 0.5) is 0 Å². The number of carbonyl (C=O) groups is 1. The van der Waals surface area contributed by atoms with Crippen LogP contribution in [0.1, 0.15) is 29.9 Å². The van der Waals surface area contributed by atoms with Gasteiger partial charge in [0.2, 0.25) is 5.91 Å². The van der Waals surface area contributed by atoms with Crippen molar-refractivity contribution in [2.24, 2.45) is 0 Å². The van der Waals surface area contributed by atoms with E-state index in [1.807, 2.05) is 0 Å². The smallest absolute Gasteiger partial charge is 0.234 e. The van der Waals surface area contributed by atoms with Crippen molar-refractivity contribution in [3.63, 3.8) is 0 Å². The van der Waals surface area contributed by atoms with Crippen molar-refractivity contribution in [3.05, 3.63) is 35.4 Å². The van der Waals surface area contributed by atoms with Crippen LogP contribution in [-0.2, 0) is 11.2 Å². The molecule has 1 heterocycles. The average molecular weight is 331 g/mol. The fourth-order valence-electron chi connectivity index (χ4n) is 3.88. The molecule has 0 unspecified atom stereocenters. The molecule has 2 N–H and O–H groups in total. The normalized spacial score (nSPS) is 22.1.